The first-order valence-electron chi connectivity index (χ1n) is 6.66. The van der Waals surface area contributed by atoms with E-state index < -0.39 is 10.9 Å². The lowest BCUT2D eigenvalue weighted by Gasteiger charge is -2.33. The summed E-state index contributed by atoms with van der Waals surface area (Å²) in [5.41, 5.74) is 0.509. The maximum absolute atomic E-state index is 10.9. The third-order valence-electron chi connectivity index (χ3n) is 3.70. The summed E-state index contributed by atoms with van der Waals surface area (Å²) in [7, 11) is 0. The van der Waals surface area contributed by atoms with Crippen molar-refractivity contribution in [2.45, 2.75) is 26.2 Å². The maximum Gasteiger partial charge on any atom is 0.303 e. The van der Waals surface area contributed by atoms with E-state index in [1.807, 2.05) is 4.90 Å². The summed E-state index contributed by atoms with van der Waals surface area (Å²) >= 11 is 3.38. The van der Waals surface area contributed by atoms with Crippen LogP contribution in [0.2, 0.25) is 0 Å². The molecule has 1 N–H and O–H groups in total. The molecule has 2 heterocycles. The van der Waals surface area contributed by atoms with Gasteiger partial charge in [0.1, 0.15) is 12.0 Å². The standard InChI is InChI=1S/C13H16BrN3O4/c1-8-10(17(20)21)6-15-13(12(8)14)16-4-2-3-9(7-16)5-11(18)19/h6,9H,2-5,7H2,1H3,(H,18,19). The molecule has 0 bridgehead atoms. The molecule has 2 rings (SSSR count). The molecule has 1 unspecified atom stereocenters. The molecule has 1 aliphatic heterocycles. The van der Waals surface area contributed by atoms with Crippen molar-refractivity contribution in [1.82, 2.24) is 4.98 Å². The normalized spacial score (nSPS) is 18.6. The second-order valence-corrected chi connectivity index (χ2v) is 6.01. The van der Waals surface area contributed by atoms with Crippen LogP contribution in [0.1, 0.15) is 24.8 Å². The lowest BCUT2D eigenvalue weighted by atomic mass is 9.95. The number of aromatic nitrogens is 1. The highest BCUT2D eigenvalue weighted by molar-refractivity contribution is 9.10. The van der Waals surface area contributed by atoms with Crippen molar-refractivity contribution in [2.24, 2.45) is 5.92 Å². The monoisotopic (exact) mass is 357 g/mol. The minimum Gasteiger partial charge on any atom is -0.481 e. The maximum atomic E-state index is 10.9. The fourth-order valence-corrected chi connectivity index (χ4v) is 3.19. The highest BCUT2D eigenvalue weighted by Gasteiger charge is 2.26. The zero-order valence-corrected chi connectivity index (χ0v) is 13.2. The van der Waals surface area contributed by atoms with Gasteiger partial charge in [-0.3, -0.25) is 14.9 Å². The second-order valence-electron chi connectivity index (χ2n) is 5.22. The highest BCUT2D eigenvalue weighted by Crippen LogP contribution is 2.34. The van der Waals surface area contributed by atoms with Gasteiger partial charge in [-0.2, -0.15) is 0 Å². The molecule has 1 aromatic heterocycles. The van der Waals surface area contributed by atoms with Crippen LogP contribution in [0.3, 0.4) is 0 Å². The van der Waals surface area contributed by atoms with Crippen LogP contribution in [0.25, 0.3) is 0 Å². The van der Waals surface area contributed by atoms with Gasteiger partial charge in [0.2, 0.25) is 0 Å². The first-order chi connectivity index (χ1) is 9.90. The van der Waals surface area contributed by atoms with E-state index in [1.165, 1.54) is 6.20 Å². The van der Waals surface area contributed by atoms with Gasteiger partial charge in [-0.15, -0.1) is 0 Å². The summed E-state index contributed by atoms with van der Waals surface area (Å²) in [4.78, 5) is 27.5. The topological polar surface area (TPSA) is 96.6 Å². The number of hydrogen-bond acceptors (Lipinski definition) is 5. The Kier molecular flexibility index (Phi) is 4.76. The van der Waals surface area contributed by atoms with Crippen LogP contribution in [0.4, 0.5) is 11.5 Å². The smallest absolute Gasteiger partial charge is 0.303 e. The zero-order valence-electron chi connectivity index (χ0n) is 11.6. The van der Waals surface area contributed by atoms with Gasteiger partial charge in [0, 0.05) is 25.1 Å². The van der Waals surface area contributed by atoms with Gasteiger partial charge < -0.3 is 10.0 Å². The number of halogens is 1. The number of hydrogen-bond donors (Lipinski definition) is 1. The second kappa shape index (κ2) is 6.38. The molecule has 8 heteroatoms. The quantitative estimate of drug-likeness (QED) is 0.657. The van der Waals surface area contributed by atoms with Crippen LogP contribution in [-0.2, 0) is 4.79 Å². The number of aliphatic carboxylic acids is 1. The number of carboxylic acid groups (broad SMARTS) is 1. The summed E-state index contributed by atoms with van der Waals surface area (Å²) in [5.74, 6) is -0.0672. The lowest BCUT2D eigenvalue weighted by Crippen LogP contribution is -2.37. The Hall–Kier alpha value is -1.70. The minimum absolute atomic E-state index is 0.0234. The predicted molar refractivity (Wildman–Crippen MR) is 80.5 cm³/mol. The summed E-state index contributed by atoms with van der Waals surface area (Å²) in [6.45, 7) is 3.06. The molecule has 1 aromatic rings. The Bertz CT molecular complexity index is 579. The van der Waals surface area contributed by atoms with Crippen molar-refractivity contribution in [2.75, 3.05) is 18.0 Å². The molecule has 1 fully saturated rings. The molecule has 0 amide bonds. The average molecular weight is 358 g/mol. The first-order valence-corrected chi connectivity index (χ1v) is 7.45. The number of nitro groups is 1. The number of rotatable bonds is 4. The van der Waals surface area contributed by atoms with Crippen molar-refractivity contribution in [1.29, 1.82) is 0 Å². The summed E-state index contributed by atoms with van der Waals surface area (Å²) in [6.07, 6.45) is 3.17. The third-order valence-corrected chi connectivity index (χ3v) is 4.65. The molecule has 21 heavy (non-hydrogen) atoms. The summed E-state index contributed by atoms with van der Waals surface area (Å²) in [6, 6.07) is 0. The Morgan fingerprint density at radius 1 is 1.67 bits per heavy atom. The van der Waals surface area contributed by atoms with Crippen molar-refractivity contribution in [3.05, 3.63) is 26.3 Å². The molecule has 0 radical (unpaired) electrons. The fraction of sp³-hybridized carbons (Fsp3) is 0.538. The molecular weight excluding hydrogens is 342 g/mol. The van der Waals surface area contributed by atoms with Gasteiger partial charge >= 0.3 is 5.97 Å². The Morgan fingerprint density at radius 2 is 2.38 bits per heavy atom. The lowest BCUT2D eigenvalue weighted by molar-refractivity contribution is -0.385. The van der Waals surface area contributed by atoms with Crippen LogP contribution < -0.4 is 4.90 Å². The van der Waals surface area contributed by atoms with Crippen LogP contribution in [-0.4, -0.2) is 34.1 Å². The number of anilines is 1. The number of carbonyl (C=O) groups is 1. The van der Waals surface area contributed by atoms with E-state index in [0.29, 0.717) is 22.4 Å². The molecular formula is C13H16BrN3O4. The molecule has 0 saturated carbocycles. The van der Waals surface area contributed by atoms with Gasteiger partial charge in [-0.25, -0.2) is 4.98 Å². The molecule has 114 valence electrons. The van der Waals surface area contributed by atoms with Crippen LogP contribution in [0.5, 0.6) is 0 Å². The minimum atomic E-state index is -0.797. The number of carboxylic acids is 1. The van der Waals surface area contributed by atoms with Crippen LogP contribution in [0.15, 0.2) is 10.7 Å². The number of nitrogens with zero attached hydrogens (tertiary/aromatic N) is 3. The van der Waals surface area contributed by atoms with E-state index in [9.17, 15) is 14.9 Å². The van der Waals surface area contributed by atoms with E-state index in [2.05, 4.69) is 20.9 Å². The van der Waals surface area contributed by atoms with Gasteiger partial charge in [0.05, 0.1) is 9.40 Å². The van der Waals surface area contributed by atoms with Gasteiger partial charge in [-0.1, -0.05) is 0 Å². The molecule has 7 nitrogen and oxygen atoms in total. The van der Waals surface area contributed by atoms with E-state index in [4.69, 9.17) is 5.11 Å². The Morgan fingerprint density at radius 3 is 3.00 bits per heavy atom. The van der Waals surface area contributed by atoms with Crippen molar-refractivity contribution in [3.63, 3.8) is 0 Å². The molecule has 0 aromatic carbocycles. The van der Waals surface area contributed by atoms with E-state index in [0.717, 1.165) is 19.4 Å². The van der Waals surface area contributed by atoms with E-state index in [1.54, 1.807) is 6.92 Å². The molecule has 1 saturated heterocycles. The number of piperidine rings is 1. The highest BCUT2D eigenvalue weighted by atomic mass is 79.9. The average Bonchev–Trinajstić information content (AvgIpc) is 2.41. The van der Waals surface area contributed by atoms with E-state index in [-0.39, 0.29) is 18.0 Å². The first kappa shape index (κ1) is 15.7. The van der Waals surface area contributed by atoms with Gasteiger partial charge in [0.25, 0.3) is 5.69 Å². The van der Waals surface area contributed by atoms with Crippen LogP contribution in [0, 0.1) is 23.0 Å². The molecule has 0 spiro atoms. The predicted octanol–water partition coefficient (Wildman–Crippen LogP) is 2.75. The Labute approximate surface area is 130 Å². The molecule has 1 atom stereocenters. The summed E-state index contributed by atoms with van der Waals surface area (Å²) in [5, 5.41) is 19.8. The van der Waals surface area contributed by atoms with Gasteiger partial charge in [-0.05, 0) is 41.6 Å². The van der Waals surface area contributed by atoms with Crippen LogP contribution >= 0.6 is 15.9 Å². The third kappa shape index (κ3) is 3.49. The number of pyridine rings is 1. The largest absolute Gasteiger partial charge is 0.481 e. The molecule has 1 aliphatic rings. The van der Waals surface area contributed by atoms with E-state index >= 15 is 0 Å². The van der Waals surface area contributed by atoms with Gasteiger partial charge in [0.15, 0.2) is 0 Å². The fourth-order valence-electron chi connectivity index (χ4n) is 2.63. The van der Waals surface area contributed by atoms with Crippen molar-refractivity contribution >= 4 is 33.4 Å². The SMILES string of the molecule is Cc1c([N+](=O)[O-])cnc(N2CCCC(CC(=O)O)C2)c1Br. The Balaban J connectivity index is 2.23. The van der Waals surface area contributed by atoms with Crippen molar-refractivity contribution < 1.29 is 14.8 Å². The molecule has 0 aliphatic carbocycles. The zero-order chi connectivity index (χ0) is 15.6. The summed E-state index contributed by atoms with van der Waals surface area (Å²) < 4.78 is 0.604. The van der Waals surface area contributed by atoms with Crippen molar-refractivity contribution in [3.8, 4) is 0 Å².